The predicted molar refractivity (Wildman–Crippen MR) is 118 cm³/mol. The number of hydrogen-bond donors (Lipinski definition) is 2. The molecule has 0 aliphatic carbocycles. The van der Waals surface area contributed by atoms with E-state index in [1.165, 1.54) is 6.07 Å². The Morgan fingerprint density at radius 1 is 1.03 bits per heavy atom. The standard InChI is InChI=1S/C23H21N3O3S/c1-15-11-12-18-19(22(25-21(18)13-15)16-7-4-3-5-8-16)14-17-9-6-10-20(24-17)23(27)26-30(2,28)29/h3-13,25H,14H2,1-2H3,(H,26,27). The molecule has 6 nitrogen and oxygen atoms in total. The average molecular weight is 420 g/mol. The normalized spacial score (nSPS) is 11.5. The van der Waals surface area contributed by atoms with E-state index < -0.39 is 15.9 Å². The maximum atomic E-state index is 12.2. The van der Waals surface area contributed by atoms with Gasteiger partial charge in [0.25, 0.3) is 5.91 Å². The number of amides is 1. The summed E-state index contributed by atoms with van der Waals surface area (Å²) in [4.78, 5) is 20.1. The lowest BCUT2D eigenvalue weighted by atomic mass is 10.0. The third-order valence-electron chi connectivity index (χ3n) is 4.80. The zero-order valence-electron chi connectivity index (χ0n) is 16.6. The van der Waals surface area contributed by atoms with Crippen molar-refractivity contribution in [3.63, 3.8) is 0 Å². The molecular formula is C23H21N3O3S. The van der Waals surface area contributed by atoms with Gasteiger partial charge < -0.3 is 4.98 Å². The van der Waals surface area contributed by atoms with E-state index in [0.29, 0.717) is 12.1 Å². The van der Waals surface area contributed by atoms with Crippen molar-refractivity contribution in [2.75, 3.05) is 6.26 Å². The summed E-state index contributed by atoms with van der Waals surface area (Å²) in [6, 6.07) is 21.3. The molecule has 0 unspecified atom stereocenters. The lowest BCUT2D eigenvalue weighted by Crippen LogP contribution is -2.30. The summed E-state index contributed by atoms with van der Waals surface area (Å²) < 4.78 is 24.7. The van der Waals surface area contributed by atoms with Crippen LogP contribution in [0.3, 0.4) is 0 Å². The molecular weight excluding hydrogens is 398 g/mol. The maximum absolute atomic E-state index is 12.2. The van der Waals surface area contributed by atoms with E-state index in [0.717, 1.165) is 39.5 Å². The SMILES string of the molecule is Cc1ccc2c(Cc3cccc(C(=O)NS(C)(=O)=O)n3)c(-c3ccccc3)[nH]c2c1. The number of fused-ring (bicyclic) bond motifs is 1. The molecule has 0 aliphatic heterocycles. The number of aromatic nitrogens is 2. The highest BCUT2D eigenvalue weighted by Crippen LogP contribution is 2.32. The highest BCUT2D eigenvalue weighted by molar-refractivity contribution is 7.89. The maximum Gasteiger partial charge on any atom is 0.283 e. The van der Waals surface area contributed by atoms with Crippen molar-refractivity contribution in [2.45, 2.75) is 13.3 Å². The topological polar surface area (TPSA) is 91.9 Å². The lowest BCUT2D eigenvalue weighted by Gasteiger charge is -2.07. The Morgan fingerprint density at radius 3 is 2.53 bits per heavy atom. The zero-order chi connectivity index (χ0) is 21.3. The van der Waals surface area contributed by atoms with Crippen LogP contribution in [-0.4, -0.2) is 30.5 Å². The first-order valence-electron chi connectivity index (χ1n) is 9.45. The van der Waals surface area contributed by atoms with Gasteiger partial charge in [0.15, 0.2) is 0 Å². The highest BCUT2D eigenvalue weighted by Gasteiger charge is 2.17. The third-order valence-corrected chi connectivity index (χ3v) is 5.36. The first-order valence-corrected chi connectivity index (χ1v) is 11.3. The molecule has 2 aromatic heterocycles. The number of nitrogens with one attached hydrogen (secondary N) is 2. The fourth-order valence-corrected chi connectivity index (χ4v) is 3.95. The molecule has 0 radical (unpaired) electrons. The van der Waals surface area contributed by atoms with Gasteiger partial charge in [-0.1, -0.05) is 48.5 Å². The van der Waals surface area contributed by atoms with E-state index in [9.17, 15) is 13.2 Å². The van der Waals surface area contributed by atoms with Crippen LogP contribution >= 0.6 is 0 Å². The Labute approximate surface area is 175 Å². The molecule has 0 aliphatic rings. The summed E-state index contributed by atoms with van der Waals surface area (Å²) in [7, 11) is -3.65. The van der Waals surface area contributed by atoms with E-state index in [4.69, 9.17) is 0 Å². The minimum atomic E-state index is -3.65. The Morgan fingerprint density at radius 2 is 1.80 bits per heavy atom. The molecule has 1 amide bonds. The van der Waals surface area contributed by atoms with Crippen molar-refractivity contribution in [1.82, 2.24) is 14.7 Å². The second kappa shape index (κ2) is 7.76. The number of rotatable bonds is 5. The van der Waals surface area contributed by atoms with Crippen LogP contribution in [-0.2, 0) is 16.4 Å². The number of H-pyrrole nitrogens is 1. The van der Waals surface area contributed by atoms with Crippen LogP contribution in [0.1, 0.15) is 27.3 Å². The largest absolute Gasteiger partial charge is 0.354 e. The number of pyridine rings is 1. The molecule has 4 rings (SSSR count). The van der Waals surface area contributed by atoms with Crippen LogP contribution < -0.4 is 4.72 Å². The number of hydrogen-bond acceptors (Lipinski definition) is 4. The molecule has 7 heteroatoms. The van der Waals surface area contributed by atoms with Gasteiger partial charge in [-0.25, -0.2) is 18.1 Å². The minimum absolute atomic E-state index is 0.0647. The second-order valence-corrected chi connectivity index (χ2v) is 9.04. The number of aromatic amines is 1. The summed E-state index contributed by atoms with van der Waals surface area (Å²) in [5.41, 5.74) is 6.08. The molecule has 0 fully saturated rings. The van der Waals surface area contributed by atoms with Crippen molar-refractivity contribution in [2.24, 2.45) is 0 Å². The van der Waals surface area contributed by atoms with Crippen molar-refractivity contribution >= 4 is 26.8 Å². The van der Waals surface area contributed by atoms with Crippen LogP contribution in [0, 0.1) is 6.92 Å². The molecule has 0 saturated carbocycles. The van der Waals surface area contributed by atoms with Crippen molar-refractivity contribution in [3.05, 3.63) is 89.2 Å². The molecule has 30 heavy (non-hydrogen) atoms. The first-order chi connectivity index (χ1) is 14.3. The van der Waals surface area contributed by atoms with Gasteiger partial charge in [0.2, 0.25) is 10.0 Å². The molecule has 0 saturated heterocycles. The monoisotopic (exact) mass is 419 g/mol. The summed E-state index contributed by atoms with van der Waals surface area (Å²) in [6.07, 6.45) is 1.43. The Bertz CT molecular complexity index is 1340. The van der Waals surface area contributed by atoms with Crippen LogP contribution in [0.2, 0.25) is 0 Å². The molecule has 4 aromatic rings. The molecule has 152 valence electrons. The quantitative estimate of drug-likeness (QED) is 0.514. The van der Waals surface area contributed by atoms with Gasteiger partial charge in [-0.2, -0.15) is 0 Å². The van der Waals surface area contributed by atoms with Crippen molar-refractivity contribution < 1.29 is 13.2 Å². The van der Waals surface area contributed by atoms with Gasteiger partial charge in [0.05, 0.1) is 11.9 Å². The third kappa shape index (κ3) is 4.26. The van der Waals surface area contributed by atoms with Crippen molar-refractivity contribution in [1.29, 1.82) is 0 Å². The number of carbonyl (C=O) groups excluding carboxylic acids is 1. The number of carbonyl (C=O) groups is 1. The van der Waals surface area contributed by atoms with E-state index in [1.54, 1.807) is 6.07 Å². The highest BCUT2D eigenvalue weighted by atomic mass is 32.2. The summed E-state index contributed by atoms with van der Waals surface area (Å²) in [6.45, 7) is 2.05. The van der Waals surface area contributed by atoms with Gasteiger partial charge in [-0.05, 0) is 41.8 Å². The van der Waals surface area contributed by atoms with Gasteiger partial charge in [0, 0.05) is 23.0 Å². The fraction of sp³-hybridized carbons (Fsp3) is 0.130. The number of sulfonamides is 1. The van der Waals surface area contributed by atoms with Gasteiger partial charge >= 0.3 is 0 Å². The van der Waals surface area contributed by atoms with E-state index in [1.807, 2.05) is 48.0 Å². The van der Waals surface area contributed by atoms with Crippen LogP contribution in [0.15, 0.2) is 66.7 Å². The van der Waals surface area contributed by atoms with Crippen LogP contribution in [0.5, 0.6) is 0 Å². The summed E-state index contributed by atoms with van der Waals surface area (Å²) in [5.74, 6) is -0.739. The number of aryl methyl sites for hydroxylation is 1. The average Bonchev–Trinajstić information content (AvgIpc) is 3.05. The Balaban J connectivity index is 1.77. The minimum Gasteiger partial charge on any atom is -0.354 e. The summed E-state index contributed by atoms with van der Waals surface area (Å²) >= 11 is 0. The number of benzene rings is 2. The molecule has 2 heterocycles. The molecule has 0 atom stereocenters. The molecule has 0 bridgehead atoms. The Hall–Kier alpha value is -3.45. The van der Waals surface area contributed by atoms with E-state index in [2.05, 4.69) is 28.2 Å². The summed E-state index contributed by atoms with van der Waals surface area (Å²) in [5, 5.41) is 1.09. The van der Waals surface area contributed by atoms with Crippen molar-refractivity contribution in [3.8, 4) is 11.3 Å². The van der Waals surface area contributed by atoms with Gasteiger partial charge in [-0.3, -0.25) is 4.79 Å². The zero-order valence-corrected chi connectivity index (χ0v) is 17.5. The smallest absolute Gasteiger partial charge is 0.283 e. The Kier molecular flexibility index (Phi) is 5.13. The lowest BCUT2D eigenvalue weighted by molar-refractivity contribution is 0.0976. The molecule has 0 spiro atoms. The first kappa shape index (κ1) is 19.8. The molecule has 2 aromatic carbocycles. The van der Waals surface area contributed by atoms with E-state index in [-0.39, 0.29) is 5.69 Å². The van der Waals surface area contributed by atoms with Gasteiger partial charge in [0.1, 0.15) is 5.69 Å². The van der Waals surface area contributed by atoms with E-state index >= 15 is 0 Å². The molecule has 2 N–H and O–H groups in total. The van der Waals surface area contributed by atoms with Gasteiger partial charge in [-0.15, -0.1) is 0 Å². The van der Waals surface area contributed by atoms with Crippen LogP contribution in [0.25, 0.3) is 22.2 Å². The predicted octanol–water partition coefficient (Wildman–Crippen LogP) is 3.82. The second-order valence-electron chi connectivity index (χ2n) is 7.29. The fourth-order valence-electron chi connectivity index (χ4n) is 3.51. The number of nitrogens with zero attached hydrogens (tertiary/aromatic N) is 1. The van der Waals surface area contributed by atoms with Crippen LogP contribution in [0.4, 0.5) is 0 Å².